The molecule has 0 saturated carbocycles. The standard InChI is InChI=1S/C26H36N4O/c1-8-21-10-11-22-19(5)27-25-24(23-17(3)14-16(2)15-18(23)4)20(6)28-30(25)26(22)29(21)12-9-13-31-7/h14-15,21H,8-13H2,1-7H3. The first kappa shape index (κ1) is 21.8. The van der Waals surface area contributed by atoms with E-state index in [2.05, 4.69) is 63.1 Å². The Morgan fingerprint density at radius 1 is 1.03 bits per heavy atom. The van der Waals surface area contributed by atoms with E-state index >= 15 is 0 Å². The average Bonchev–Trinajstić information content (AvgIpc) is 3.03. The van der Waals surface area contributed by atoms with Crippen molar-refractivity contribution in [1.29, 1.82) is 0 Å². The van der Waals surface area contributed by atoms with Gasteiger partial charge in [-0.3, -0.25) is 0 Å². The molecule has 4 rings (SSSR count). The van der Waals surface area contributed by atoms with Crippen molar-refractivity contribution in [1.82, 2.24) is 14.6 Å². The number of aromatic nitrogens is 3. The Balaban J connectivity index is 1.96. The van der Waals surface area contributed by atoms with Gasteiger partial charge in [0.2, 0.25) is 0 Å². The molecule has 1 unspecified atom stereocenters. The van der Waals surface area contributed by atoms with Gasteiger partial charge in [-0.2, -0.15) is 9.61 Å². The Labute approximate surface area is 186 Å². The monoisotopic (exact) mass is 420 g/mol. The number of hydrogen-bond acceptors (Lipinski definition) is 4. The summed E-state index contributed by atoms with van der Waals surface area (Å²) in [6.07, 6.45) is 4.39. The number of fused-ring (bicyclic) bond motifs is 3. The summed E-state index contributed by atoms with van der Waals surface area (Å²) in [5, 5.41) is 5.08. The number of ether oxygens (including phenoxy) is 1. The number of aryl methyl sites for hydroxylation is 5. The molecule has 1 aliphatic heterocycles. The van der Waals surface area contributed by atoms with Gasteiger partial charge in [0.1, 0.15) is 5.82 Å². The topological polar surface area (TPSA) is 42.7 Å². The van der Waals surface area contributed by atoms with E-state index in [4.69, 9.17) is 14.8 Å². The van der Waals surface area contributed by atoms with Crippen molar-refractivity contribution >= 4 is 11.5 Å². The smallest absolute Gasteiger partial charge is 0.165 e. The third-order valence-electron chi connectivity index (χ3n) is 6.80. The molecule has 0 saturated heterocycles. The van der Waals surface area contributed by atoms with Gasteiger partial charge in [-0.05, 0) is 77.0 Å². The first-order chi connectivity index (χ1) is 14.9. The predicted molar refractivity (Wildman–Crippen MR) is 128 cm³/mol. The summed E-state index contributed by atoms with van der Waals surface area (Å²) in [4.78, 5) is 7.70. The van der Waals surface area contributed by atoms with E-state index in [0.29, 0.717) is 6.04 Å². The van der Waals surface area contributed by atoms with Crippen molar-refractivity contribution in [2.45, 2.75) is 73.3 Å². The maximum absolute atomic E-state index is 5.36. The molecule has 0 aliphatic carbocycles. The van der Waals surface area contributed by atoms with E-state index in [-0.39, 0.29) is 0 Å². The SMILES string of the molecule is CCC1CCc2c(C)nc3c(-c4c(C)cc(C)cc4C)c(C)nn3c2N1CCCOC. The highest BCUT2D eigenvalue weighted by Crippen LogP contribution is 2.39. The van der Waals surface area contributed by atoms with Gasteiger partial charge in [0.05, 0.1) is 11.3 Å². The van der Waals surface area contributed by atoms with Crippen molar-refractivity contribution in [3.05, 3.63) is 45.8 Å². The first-order valence-corrected chi connectivity index (χ1v) is 11.6. The highest BCUT2D eigenvalue weighted by Gasteiger charge is 2.31. The minimum Gasteiger partial charge on any atom is -0.385 e. The zero-order valence-corrected chi connectivity index (χ0v) is 20.2. The first-order valence-electron chi connectivity index (χ1n) is 11.6. The lowest BCUT2D eigenvalue weighted by molar-refractivity contribution is 0.195. The van der Waals surface area contributed by atoms with Crippen LogP contribution < -0.4 is 4.90 Å². The number of nitrogens with zero attached hydrogens (tertiary/aromatic N) is 4. The minimum atomic E-state index is 0.533. The second-order valence-corrected chi connectivity index (χ2v) is 9.11. The summed E-state index contributed by atoms with van der Waals surface area (Å²) >= 11 is 0. The van der Waals surface area contributed by atoms with E-state index in [1.54, 1.807) is 7.11 Å². The minimum absolute atomic E-state index is 0.533. The molecule has 5 nitrogen and oxygen atoms in total. The Morgan fingerprint density at radius 3 is 2.39 bits per heavy atom. The Morgan fingerprint density at radius 2 is 1.74 bits per heavy atom. The van der Waals surface area contributed by atoms with Crippen LogP contribution in [0.1, 0.15) is 59.8 Å². The van der Waals surface area contributed by atoms with Crippen molar-refractivity contribution in [3.8, 4) is 11.1 Å². The van der Waals surface area contributed by atoms with Crippen LogP contribution in [0.2, 0.25) is 0 Å². The Kier molecular flexibility index (Phi) is 6.07. The fourth-order valence-electron chi connectivity index (χ4n) is 5.47. The van der Waals surface area contributed by atoms with Crippen molar-refractivity contribution < 1.29 is 4.74 Å². The lowest BCUT2D eigenvalue weighted by Crippen LogP contribution is -2.42. The van der Waals surface area contributed by atoms with E-state index in [1.807, 2.05) is 0 Å². The number of methoxy groups -OCH3 is 1. The van der Waals surface area contributed by atoms with E-state index in [9.17, 15) is 0 Å². The molecule has 2 aromatic heterocycles. The summed E-state index contributed by atoms with van der Waals surface area (Å²) in [7, 11) is 1.78. The third kappa shape index (κ3) is 3.73. The van der Waals surface area contributed by atoms with Crippen LogP contribution in [0.3, 0.4) is 0 Å². The van der Waals surface area contributed by atoms with Crippen molar-refractivity contribution in [3.63, 3.8) is 0 Å². The van der Waals surface area contributed by atoms with Crippen LogP contribution >= 0.6 is 0 Å². The van der Waals surface area contributed by atoms with Crippen LogP contribution in [-0.4, -0.2) is 40.9 Å². The van der Waals surface area contributed by atoms with E-state index < -0.39 is 0 Å². The summed E-state index contributed by atoms with van der Waals surface area (Å²) in [6.45, 7) is 14.9. The van der Waals surface area contributed by atoms with Gasteiger partial charge in [-0.15, -0.1) is 0 Å². The van der Waals surface area contributed by atoms with E-state index in [0.717, 1.165) is 49.4 Å². The molecule has 166 valence electrons. The molecule has 31 heavy (non-hydrogen) atoms. The molecular formula is C26H36N4O. The highest BCUT2D eigenvalue weighted by atomic mass is 16.5. The molecule has 0 fully saturated rings. The predicted octanol–water partition coefficient (Wildman–Crippen LogP) is 5.51. The molecule has 1 aliphatic rings. The summed E-state index contributed by atoms with van der Waals surface area (Å²) in [5.41, 5.74) is 10.8. The Bertz CT molecular complexity index is 1090. The number of rotatable bonds is 6. The largest absolute Gasteiger partial charge is 0.385 e. The number of benzene rings is 1. The van der Waals surface area contributed by atoms with Crippen molar-refractivity contribution in [2.24, 2.45) is 0 Å². The fourth-order valence-corrected chi connectivity index (χ4v) is 5.47. The van der Waals surface area contributed by atoms with E-state index in [1.165, 1.54) is 45.6 Å². The quantitative estimate of drug-likeness (QED) is 0.494. The lowest BCUT2D eigenvalue weighted by Gasteiger charge is -2.39. The van der Waals surface area contributed by atoms with Gasteiger partial charge in [-0.25, -0.2) is 4.98 Å². The normalized spacial score (nSPS) is 16.2. The average molecular weight is 421 g/mol. The lowest BCUT2D eigenvalue weighted by atomic mass is 9.93. The summed E-state index contributed by atoms with van der Waals surface area (Å²) in [6, 6.07) is 5.06. The number of hydrogen-bond donors (Lipinski definition) is 0. The van der Waals surface area contributed by atoms with Crippen LogP contribution in [0.5, 0.6) is 0 Å². The van der Waals surface area contributed by atoms with Gasteiger partial charge >= 0.3 is 0 Å². The zero-order chi connectivity index (χ0) is 22.3. The molecule has 0 N–H and O–H groups in total. The molecular weight excluding hydrogens is 384 g/mol. The van der Waals surface area contributed by atoms with Crippen LogP contribution in [0, 0.1) is 34.6 Å². The second-order valence-electron chi connectivity index (χ2n) is 9.11. The summed E-state index contributed by atoms with van der Waals surface area (Å²) in [5.74, 6) is 1.24. The molecule has 0 bridgehead atoms. The third-order valence-corrected chi connectivity index (χ3v) is 6.80. The second kappa shape index (κ2) is 8.62. The van der Waals surface area contributed by atoms with Crippen LogP contribution in [0.4, 0.5) is 5.82 Å². The molecule has 1 aromatic carbocycles. The zero-order valence-electron chi connectivity index (χ0n) is 20.2. The fraction of sp³-hybridized carbons (Fsp3) is 0.538. The van der Waals surface area contributed by atoms with Crippen LogP contribution in [-0.2, 0) is 11.2 Å². The Hall–Kier alpha value is -2.40. The highest BCUT2D eigenvalue weighted by molar-refractivity contribution is 5.85. The van der Waals surface area contributed by atoms with Gasteiger partial charge in [0.15, 0.2) is 5.65 Å². The maximum atomic E-state index is 5.36. The summed E-state index contributed by atoms with van der Waals surface area (Å²) < 4.78 is 7.50. The number of anilines is 1. The van der Waals surface area contributed by atoms with Gasteiger partial charge in [0, 0.05) is 37.6 Å². The van der Waals surface area contributed by atoms with Gasteiger partial charge in [-0.1, -0.05) is 24.6 Å². The molecule has 5 heteroatoms. The van der Waals surface area contributed by atoms with Crippen LogP contribution in [0.15, 0.2) is 12.1 Å². The molecule has 3 aromatic rings. The molecule has 3 heterocycles. The molecule has 0 radical (unpaired) electrons. The van der Waals surface area contributed by atoms with Crippen molar-refractivity contribution in [2.75, 3.05) is 25.2 Å². The van der Waals surface area contributed by atoms with Crippen LogP contribution in [0.25, 0.3) is 16.8 Å². The molecule has 1 atom stereocenters. The maximum Gasteiger partial charge on any atom is 0.165 e. The molecule has 0 amide bonds. The van der Waals surface area contributed by atoms with Gasteiger partial charge < -0.3 is 9.64 Å². The molecule has 0 spiro atoms. The van der Waals surface area contributed by atoms with Gasteiger partial charge in [0.25, 0.3) is 0 Å².